The molecule has 8 nitrogen and oxygen atoms in total. The smallest absolute Gasteiger partial charge is 0.332 e. The lowest BCUT2D eigenvalue weighted by molar-refractivity contribution is -0.156. The summed E-state index contributed by atoms with van der Waals surface area (Å²) in [5.74, 6) is -0.926. The van der Waals surface area contributed by atoms with E-state index >= 15 is 0 Å². The van der Waals surface area contributed by atoms with E-state index in [-0.39, 0.29) is 17.7 Å². The number of nitriles is 1. The van der Waals surface area contributed by atoms with Crippen molar-refractivity contribution in [1.82, 2.24) is 14.2 Å². The van der Waals surface area contributed by atoms with Gasteiger partial charge in [-0.05, 0) is 61.3 Å². The average molecular weight is 553 g/mol. The maximum atomic E-state index is 14.2. The van der Waals surface area contributed by atoms with Crippen molar-refractivity contribution in [3.63, 3.8) is 0 Å². The maximum Gasteiger partial charge on any atom is 0.332 e. The molecule has 212 valence electrons. The van der Waals surface area contributed by atoms with Crippen LogP contribution in [-0.4, -0.2) is 37.5 Å². The molecule has 1 aliphatic carbocycles. The van der Waals surface area contributed by atoms with E-state index in [1.165, 1.54) is 0 Å². The lowest BCUT2D eigenvalue weighted by Crippen LogP contribution is -2.36. The van der Waals surface area contributed by atoms with E-state index in [1.807, 2.05) is 70.6 Å². The quantitative estimate of drug-likeness (QED) is 0.261. The number of carbonyl (C=O) groups is 1. The summed E-state index contributed by atoms with van der Waals surface area (Å²) in [6.07, 6.45) is 6.28. The Bertz CT molecular complexity index is 1620. The molecule has 2 aromatic carbocycles. The molecule has 0 amide bonds. The van der Waals surface area contributed by atoms with Crippen molar-refractivity contribution in [2.75, 3.05) is 0 Å². The monoisotopic (exact) mass is 552 g/mol. The van der Waals surface area contributed by atoms with E-state index in [1.54, 1.807) is 6.20 Å². The number of hydrogen-bond donors (Lipinski definition) is 1. The van der Waals surface area contributed by atoms with Crippen molar-refractivity contribution in [1.29, 1.82) is 5.26 Å². The van der Waals surface area contributed by atoms with Gasteiger partial charge in [-0.25, -0.2) is 9.31 Å². The Morgan fingerprint density at radius 1 is 1.10 bits per heavy atom. The molecule has 5 rings (SSSR count). The summed E-state index contributed by atoms with van der Waals surface area (Å²) >= 11 is 0. The van der Waals surface area contributed by atoms with Gasteiger partial charge in [0.05, 0.1) is 29.6 Å². The molecular formula is C33H36N4O4. The third kappa shape index (κ3) is 5.82. The number of benzene rings is 2. The summed E-state index contributed by atoms with van der Waals surface area (Å²) < 4.78 is 9.71. The molecule has 1 unspecified atom stereocenters. The van der Waals surface area contributed by atoms with Gasteiger partial charge in [0, 0.05) is 24.1 Å². The Labute approximate surface area is 239 Å². The van der Waals surface area contributed by atoms with Gasteiger partial charge >= 0.3 is 5.97 Å². The number of aliphatic carboxylic acids is 1. The van der Waals surface area contributed by atoms with Crippen LogP contribution in [0.2, 0.25) is 0 Å². The van der Waals surface area contributed by atoms with Crippen LogP contribution in [0.1, 0.15) is 80.8 Å². The average Bonchev–Trinajstić information content (AvgIpc) is 3.48. The summed E-state index contributed by atoms with van der Waals surface area (Å²) in [5.41, 5.74) is 6.01. The van der Waals surface area contributed by atoms with Crippen molar-refractivity contribution in [2.45, 2.75) is 83.5 Å². The number of hydrogen-bond acceptors (Lipinski definition) is 5. The number of carboxylic acid groups (broad SMARTS) is 1. The van der Waals surface area contributed by atoms with Crippen LogP contribution >= 0.6 is 0 Å². The number of fused-ring (bicyclic) bond motifs is 1. The zero-order valence-corrected chi connectivity index (χ0v) is 23.6. The van der Waals surface area contributed by atoms with Gasteiger partial charge < -0.3 is 9.84 Å². The molecule has 1 fully saturated rings. The number of rotatable bonds is 10. The summed E-state index contributed by atoms with van der Waals surface area (Å²) in [6, 6.07) is 19.8. The number of carboxylic acids is 1. The fraction of sp³-hybridized carbons (Fsp3) is 0.394. The highest BCUT2D eigenvalue weighted by Gasteiger charge is 2.30. The van der Waals surface area contributed by atoms with Crippen LogP contribution < -0.4 is 5.56 Å². The predicted molar refractivity (Wildman–Crippen MR) is 157 cm³/mol. The first kappa shape index (κ1) is 28.3. The molecule has 0 saturated heterocycles. The third-order valence-electron chi connectivity index (χ3n) is 8.14. The molecular weight excluding hydrogens is 516 g/mol. The number of ether oxygens (including phenoxy) is 1. The van der Waals surface area contributed by atoms with Crippen LogP contribution in [0.3, 0.4) is 0 Å². The Kier molecular flexibility index (Phi) is 8.65. The van der Waals surface area contributed by atoms with Crippen molar-refractivity contribution in [3.05, 3.63) is 93.5 Å². The van der Waals surface area contributed by atoms with Gasteiger partial charge in [0.1, 0.15) is 5.65 Å². The summed E-state index contributed by atoms with van der Waals surface area (Å²) in [7, 11) is 0. The van der Waals surface area contributed by atoms with Crippen LogP contribution in [0.15, 0.2) is 65.6 Å². The number of nitrogens with zero attached hydrogens (tertiary/aromatic N) is 4. The van der Waals surface area contributed by atoms with E-state index in [0.29, 0.717) is 31.2 Å². The zero-order valence-electron chi connectivity index (χ0n) is 23.6. The first-order valence-electron chi connectivity index (χ1n) is 14.5. The third-order valence-corrected chi connectivity index (χ3v) is 8.14. The molecule has 0 bridgehead atoms. The van der Waals surface area contributed by atoms with Crippen LogP contribution in [0, 0.1) is 11.3 Å². The zero-order chi connectivity index (χ0) is 28.9. The van der Waals surface area contributed by atoms with Crippen molar-refractivity contribution in [2.24, 2.45) is 0 Å². The Morgan fingerprint density at radius 2 is 1.83 bits per heavy atom. The fourth-order valence-electron chi connectivity index (χ4n) is 6.05. The highest BCUT2D eigenvalue weighted by atomic mass is 16.5. The highest BCUT2D eigenvalue weighted by Crippen LogP contribution is 2.32. The van der Waals surface area contributed by atoms with E-state index in [9.17, 15) is 20.0 Å². The largest absolute Gasteiger partial charge is 0.479 e. The normalized spacial score (nSPS) is 17.8. The van der Waals surface area contributed by atoms with E-state index < -0.39 is 12.1 Å². The molecule has 1 saturated carbocycles. The van der Waals surface area contributed by atoms with Gasteiger partial charge in [-0.3, -0.25) is 9.36 Å². The van der Waals surface area contributed by atoms with Crippen molar-refractivity contribution in [3.8, 4) is 17.2 Å². The van der Waals surface area contributed by atoms with E-state index in [4.69, 9.17) is 4.74 Å². The second kappa shape index (κ2) is 12.5. The molecule has 1 N–H and O–H groups in total. The van der Waals surface area contributed by atoms with Crippen LogP contribution in [0.25, 0.3) is 16.8 Å². The van der Waals surface area contributed by atoms with Gasteiger partial charge in [0.25, 0.3) is 5.56 Å². The van der Waals surface area contributed by atoms with Crippen molar-refractivity contribution >= 4 is 11.6 Å². The predicted octanol–water partition coefficient (Wildman–Crippen LogP) is 5.94. The first-order chi connectivity index (χ1) is 19.9. The molecule has 0 spiro atoms. The Hall–Kier alpha value is -4.22. The summed E-state index contributed by atoms with van der Waals surface area (Å²) in [5, 5.41) is 23.5. The van der Waals surface area contributed by atoms with Gasteiger partial charge in [-0.2, -0.15) is 10.4 Å². The summed E-state index contributed by atoms with van der Waals surface area (Å²) in [6.45, 7) is 3.92. The molecule has 4 aromatic rings. The fourth-order valence-corrected chi connectivity index (χ4v) is 6.05. The topological polar surface area (TPSA) is 110 Å². The maximum absolute atomic E-state index is 14.2. The lowest BCUT2D eigenvalue weighted by Gasteiger charge is -2.32. The second-order valence-electron chi connectivity index (χ2n) is 10.8. The minimum Gasteiger partial charge on any atom is -0.479 e. The first-order valence-corrected chi connectivity index (χ1v) is 14.5. The summed E-state index contributed by atoms with van der Waals surface area (Å²) in [4.78, 5) is 25.7. The highest BCUT2D eigenvalue weighted by molar-refractivity contribution is 5.72. The number of aromatic nitrogens is 3. The van der Waals surface area contributed by atoms with Crippen LogP contribution in [-0.2, 0) is 22.4 Å². The van der Waals surface area contributed by atoms with Crippen molar-refractivity contribution < 1.29 is 14.6 Å². The van der Waals surface area contributed by atoms with Crippen LogP contribution in [0.5, 0.6) is 0 Å². The van der Waals surface area contributed by atoms with Gasteiger partial charge in [0.2, 0.25) is 0 Å². The van der Waals surface area contributed by atoms with E-state index in [2.05, 4.69) is 18.1 Å². The molecule has 8 heteroatoms. The molecule has 2 heterocycles. The second-order valence-corrected chi connectivity index (χ2v) is 10.8. The Balaban J connectivity index is 1.46. The minimum atomic E-state index is -0.926. The van der Waals surface area contributed by atoms with Crippen LogP contribution in [0.4, 0.5) is 0 Å². The van der Waals surface area contributed by atoms with Gasteiger partial charge in [0.15, 0.2) is 6.10 Å². The molecule has 1 atom stereocenters. The van der Waals surface area contributed by atoms with Gasteiger partial charge in [-0.1, -0.05) is 62.7 Å². The Morgan fingerprint density at radius 3 is 2.49 bits per heavy atom. The standard InChI is InChI=1S/C33H36N4O4/c1-3-7-29-28(20-22-10-12-23(13-11-22)27-9-6-5-8-24(27)21-34)32(38)36(31-18-19-35-37(29)31)25-14-16-26(17-15-25)41-30(4-2)33(39)40/h5-6,8-13,18-19,25-26,30H,3-4,7,14-17,20H2,1-2H3,(H,39,40). The number of aryl methyl sites for hydroxylation is 1. The SMILES string of the molecule is CCCc1c(Cc2ccc(-c3ccccc3C#N)cc2)c(=O)n(C2CCC(OC(CC)C(=O)O)CC2)c2ccnn12. The molecule has 2 aromatic heterocycles. The molecule has 0 radical (unpaired) electrons. The van der Waals surface area contributed by atoms with E-state index in [0.717, 1.165) is 59.3 Å². The minimum absolute atomic E-state index is 0.00857. The molecule has 41 heavy (non-hydrogen) atoms. The molecule has 0 aliphatic heterocycles. The molecule has 1 aliphatic rings. The van der Waals surface area contributed by atoms with Gasteiger partial charge in [-0.15, -0.1) is 0 Å². The lowest BCUT2D eigenvalue weighted by atomic mass is 9.92.